The number of hydrogen-bond donors (Lipinski definition) is 0. The Morgan fingerprint density at radius 2 is 0.772 bits per heavy atom. The van der Waals surface area contributed by atoms with Gasteiger partial charge in [-0.1, -0.05) is 20.1 Å². The lowest BCUT2D eigenvalue weighted by atomic mass is 9.63. The Morgan fingerprint density at radius 3 is 1.02 bits per heavy atom. The van der Waals surface area contributed by atoms with Crippen LogP contribution in [0.4, 0.5) is 0 Å². The zero-order valence-electron chi connectivity index (χ0n) is 36.6. The van der Waals surface area contributed by atoms with E-state index < -0.39 is 41.3 Å². The fourth-order valence-electron chi connectivity index (χ4n) is 7.16. The van der Waals surface area contributed by atoms with E-state index in [9.17, 15) is 9.59 Å². The summed E-state index contributed by atoms with van der Waals surface area (Å²) in [5.74, 6) is -1.94. The van der Waals surface area contributed by atoms with Crippen LogP contribution >= 0.6 is 0 Å². The van der Waals surface area contributed by atoms with Gasteiger partial charge in [-0.3, -0.25) is 0 Å². The van der Waals surface area contributed by atoms with Gasteiger partial charge in [-0.2, -0.15) is 0 Å². The fraction of sp³-hybridized carbons (Fsp3) is 0.674. The van der Waals surface area contributed by atoms with Crippen LogP contribution in [0.25, 0.3) is 0 Å². The van der Waals surface area contributed by atoms with Crippen LogP contribution in [0.15, 0.2) is 70.4 Å². The Kier molecular flexibility index (Phi) is 19.9. The Bertz CT molecular complexity index is 1410. The van der Waals surface area contributed by atoms with Crippen molar-refractivity contribution in [1.29, 1.82) is 0 Å². The van der Waals surface area contributed by atoms with Gasteiger partial charge >= 0.3 is 11.9 Å². The van der Waals surface area contributed by atoms with E-state index in [0.717, 1.165) is 0 Å². The van der Waals surface area contributed by atoms with Gasteiger partial charge in [-0.15, -0.1) is 0 Å². The first kappa shape index (κ1) is 48.8. The van der Waals surface area contributed by atoms with E-state index >= 15 is 0 Å². The molecule has 0 spiro atoms. The molecular weight excluding hydrogens is 740 g/mol. The largest absolute Gasteiger partial charge is 0.491 e. The summed E-state index contributed by atoms with van der Waals surface area (Å²) < 4.78 is 78.7. The molecule has 324 valence electrons. The number of ether oxygens (including phenoxy) is 12. The Balaban J connectivity index is 3.70. The molecule has 14 heteroatoms. The lowest BCUT2D eigenvalue weighted by Crippen LogP contribution is -2.70. The monoisotopic (exact) mass is 808 g/mol. The quantitative estimate of drug-likeness (QED) is 0.0590. The van der Waals surface area contributed by atoms with Crippen molar-refractivity contribution in [3.05, 3.63) is 70.4 Å². The smallest absolute Gasteiger partial charge is 0.334 e. The van der Waals surface area contributed by atoms with Gasteiger partial charge in [0.05, 0.1) is 58.8 Å². The third-order valence-corrected chi connectivity index (χ3v) is 8.90. The van der Waals surface area contributed by atoms with Crippen LogP contribution in [-0.4, -0.2) is 101 Å². The predicted molar refractivity (Wildman–Crippen MR) is 213 cm³/mol. The normalized spacial score (nSPS) is 22.8. The fourth-order valence-corrected chi connectivity index (χ4v) is 7.16. The average molecular weight is 809 g/mol. The highest BCUT2D eigenvalue weighted by molar-refractivity contribution is 5.88. The minimum atomic E-state index is -2.13. The molecular formula is C43H68O14. The SMILES string of the molecule is C=C(C)C(=O)OC1(C(CC)C2(OC(=O)C(=C)C)C(OCC)=C(OCC)C(OCC)=C(OCC)C2OCC)C(OCC)=C(OCC)C(OCC)=C(OCC)C1OCC. The van der Waals surface area contributed by atoms with E-state index in [1.54, 1.807) is 41.5 Å². The molecule has 0 heterocycles. The molecule has 0 aromatic rings. The summed E-state index contributed by atoms with van der Waals surface area (Å²) in [5.41, 5.74) is -4.13. The van der Waals surface area contributed by atoms with Crippen molar-refractivity contribution in [3.63, 3.8) is 0 Å². The molecule has 0 aromatic heterocycles. The highest BCUT2D eigenvalue weighted by Gasteiger charge is 2.73. The van der Waals surface area contributed by atoms with Gasteiger partial charge in [0.1, 0.15) is 0 Å². The van der Waals surface area contributed by atoms with Crippen molar-refractivity contribution in [3.8, 4) is 0 Å². The molecule has 2 rings (SSSR count). The Labute approximate surface area is 340 Å². The van der Waals surface area contributed by atoms with Gasteiger partial charge in [0.25, 0.3) is 0 Å². The summed E-state index contributed by atoms with van der Waals surface area (Å²) >= 11 is 0. The third-order valence-electron chi connectivity index (χ3n) is 8.90. The van der Waals surface area contributed by atoms with Crippen molar-refractivity contribution >= 4 is 11.9 Å². The highest BCUT2D eigenvalue weighted by atomic mass is 16.6. The lowest BCUT2D eigenvalue weighted by molar-refractivity contribution is -0.243. The van der Waals surface area contributed by atoms with Crippen molar-refractivity contribution in [2.24, 2.45) is 5.92 Å². The highest BCUT2D eigenvalue weighted by Crippen LogP contribution is 2.58. The molecule has 0 saturated heterocycles. The molecule has 4 atom stereocenters. The molecule has 0 bridgehead atoms. The van der Waals surface area contributed by atoms with Crippen LogP contribution in [0.1, 0.15) is 96.4 Å². The molecule has 0 amide bonds. The van der Waals surface area contributed by atoms with Crippen LogP contribution in [0.5, 0.6) is 0 Å². The second kappa shape index (κ2) is 23.2. The Hall–Kier alpha value is -4.30. The van der Waals surface area contributed by atoms with Crippen LogP contribution in [0, 0.1) is 5.92 Å². The minimum Gasteiger partial charge on any atom is -0.491 e. The van der Waals surface area contributed by atoms with E-state index in [2.05, 4.69) is 13.2 Å². The van der Waals surface area contributed by atoms with Gasteiger partial charge in [0.15, 0.2) is 35.2 Å². The molecule has 14 nitrogen and oxygen atoms in total. The van der Waals surface area contributed by atoms with Crippen molar-refractivity contribution < 1.29 is 66.4 Å². The topological polar surface area (TPSA) is 145 Å². The number of carbonyl (C=O) groups is 2. The molecule has 2 aliphatic carbocycles. The first-order valence-electron chi connectivity index (χ1n) is 20.3. The number of carbonyl (C=O) groups excluding carboxylic acids is 2. The number of esters is 2. The van der Waals surface area contributed by atoms with Crippen molar-refractivity contribution in [2.75, 3.05) is 66.1 Å². The maximum absolute atomic E-state index is 14.4. The lowest BCUT2D eigenvalue weighted by Gasteiger charge is -2.55. The number of hydrogen-bond acceptors (Lipinski definition) is 14. The zero-order chi connectivity index (χ0) is 42.9. The maximum atomic E-state index is 14.4. The standard InChI is InChI=1S/C43H68O14/c1-16-29(42(56-40(44)27(12)13)36(52-23-8)32(48-19-4)30(46-17-2)33(49-20-5)37(42)53-24-9)43(57-41(45)28(14)15)38(54-25-10)34(50-21-6)31(47-18-3)35(51-22-7)39(43)55-26-11/h29,36,38H,12,14,16-26H2,1-11,13,15H3. The molecule has 2 aliphatic rings. The molecule has 0 saturated carbocycles. The van der Waals surface area contributed by atoms with Crippen LogP contribution in [-0.2, 0) is 66.4 Å². The predicted octanol–water partition coefficient (Wildman–Crippen LogP) is 7.70. The molecule has 57 heavy (non-hydrogen) atoms. The molecule has 0 aliphatic heterocycles. The van der Waals surface area contributed by atoms with Gasteiger partial charge in [0, 0.05) is 24.4 Å². The molecule has 0 N–H and O–H groups in total. The van der Waals surface area contributed by atoms with Gasteiger partial charge in [-0.05, 0) is 89.5 Å². The van der Waals surface area contributed by atoms with Crippen LogP contribution in [0.3, 0.4) is 0 Å². The summed E-state index contributed by atoms with van der Waals surface area (Å²) in [6.07, 6.45) is -2.58. The summed E-state index contributed by atoms with van der Waals surface area (Å²) in [6.45, 7) is 32.1. The van der Waals surface area contributed by atoms with Gasteiger partial charge in [0.2, 0.25) is 34.2 Å². The van der Waals surface area contributed by atoms with Gasteiger partial charge in [-0.25, -0.2) is 9.59 Å². The average Bonchev–Trinajstić information content (AvgIpc) is 3.17. The molecule has 0 fully saturated rings. The van der Waals surface area contributed by atoms with Crippen LogP contribution in [0.2, 0.25) is 0 Å². The van der Waals surface area contributed by atoms with E-state index in [1.807, 2.05) is 34.6 Å². The van der Waals surface area contributed by atoms with E-state index in [4.69, 9.17) is 56.8 Å². The maximum Gasteiger partial charge on any atom is 0.334 e. The van der Waals surface area contributed by atoms with E-state index in [-0.39, 0.29) is 130 Å². The van der Waals surface area contributed by atoms with Gasteiger partial charge < -0.3 is 56.8 Å². The minimum absolute atomic E-state index is 0.0194. The number of rotatable bonds is 27. The summed E-state index contributed by atoms with van der Waals surface area (Å²) in [7, 11) is 0. The van der Waals surface area contributed by atoms with Crippen LogP contribution < -0.4 is 0 Å². The summed E-state index contributed by atoms with van der Waals surface area (Å²) in [4.78, 5) is 28.8. The second-order valence-corrected chi connectivity index (χ2v) is 12.7. The molecule has 0 aromatic carbocycles. The first-order valence-corrected chi connectivity index (χ1v) is 20.3. The summed E-state index contributed by atoms with van der Waals surface area (Å²) in [6, 6.07) is 0. The Morgan fingerprint density at radius 1 is 0.474 bits per heavy atom. The zero-order valence-corrected chi connectivity index (χ0v) is 36.6. The molecule has 4 unspecified atom stereocenters. The van der Waals surface area contributed by atoms with E-state index in [1.165, 1.54) is 13.8 Å². The van der Waals surface area contributed by atoms with Crippen molar-refractivity contribution in [1.82, 2.24) is 0 Å². The van der Waals surface area contributed by atoms with E-state index in [0.29, 0.717) is 0 Å². The first-order chi connectivity index (χ1) is 27.3. The third kappa shape index (κ3) is 9.88. The summed E-state index contributed by atoms with van der Waals surface area (Å²) in [5, 5.41) is 0. The van der Waals surface area contributed by atoms with Crippen molar-refractivity contribution in [2.45, 2.75) is 120 Å². The second-order valence-electron chi connectivity index (χ2n) is 12.7. The molecule has 0 radical (unpaired) electrons.